The first-order chi connectivity index (χ1) is 17.4. The third kappa shape index (κ3) is 33.7. The summed E-state index contributed by atoms with van der Waals surface area (Å²) in [7, 11) is 1.66. The summed E-state index contributed by atoms with van der Waals surface area (Å²) >= 11 is 0. The lowest BCUT2D eigenvalue weighted by Crippen LogP contribution is -2.14. The van der Waals surface area contributed by atoms with Gasteiger partial charge in [0.05, 0.1) is 79.3 Å². The molecule has 0 saturated carbocycles. The molecule has 0 amide bonds. The largest absolute Gasteiger partial charge is 0.382 e. The standard InChI is InChI=1S/C28H58O7/c1-3-4-5-6-7-8-9-10-11-12-13-14-15-16-30-19-20-32-23-24-34-27-28-35-26-25-33-22-21-31-18-17-29-2/h3-28H2,1-2H3. The van der Waals surface area contributed by atoms with Gasteiger partial charge in [-0.15, -0.1) is 0 Å². The minimum Gasteiger partial charge on any atom is -0.382 e. The van der Waals surface area contributed by atoms with E-state index >= 15 is 0 Å². The molecule has 0 fully saturated rings. The van der Waals surface area contributed by atoms with Crippen LogP contribution < -0.4 is 0 Å². The average molecular weight is 507 g/mol. The zero-order valence-corrected chi connectivity index (χ0v) is 23.2. The van der Waals surface area contributed by atoms with Crippen LogP contribution in [0.4, 0.5) is 0 Å². The summed E-state index contributed by atoms with van der Waals surface area (Å²) < 4.78 is 37.7. The summed E-state index contributed by atoms with van der Waals surface area (Å²) in [5, 5.41) is 0. The van der Waals surface area contributed by atoms with Gasteiger partial charge >= 0.3 is 0 Å². The van der Waals surface area contributed by atoms with E-state index in [-0.39, 0.29) is 0 Å². The molecule has 0 heterocycles. The summed E-state index contributed by atoms with van der Waals surface area (Å²) in [5.74, 6) is 0. The summed E-state index contributed by atoms with van der Waals surface area (Å²) in [4.78, 5) is 0. The van der Waals surface area contributed by atoms with Crippen LogP contribution >= 0.6 is 0 Å². The highest BCUT2D eigenvalue weighted by atomic mass is 16.6. The molecule has 0 aromatic rings. The number of unbranched alkanes of at least 4 members (excludes halogenated alkanes) is 12. The molecule has 0 N–H and O–H groups in total. The van der Waals surface area contributed by atoms with Crippen LogP contribution in [0.1, 0.15) is 90.4 Å². The van der Waals surface area contributed by atoms with Crippen molar-refractivity contribution in [1.29, 1.82) is 0 Å². The van der Waals surface area contributed by atoms with Crippen LogP contribution in [-0.2, 0) is 33.2 Å². The van der Waals surface area contributed by atoms with E-state index in [0.29, 0.717) is 79.3 Å². The van der Waals surface area contributed by atoms with Crippen molar-refractivity contribution in [2.45, 2.75) is 90.4 Å². The Kier molecular flexibility index (Phi) is 33.5. The van der Waals surface area contributed by atoms with Crippen molar-refractivity contribution < 1.29 is 33.2 Å². The Morgan fingerprint density at radius 3 is 0.857 bits per heavy atom. The minimum atomic E-state index is 0.564. The first-order valence-electron chi connectivity index (χ1n) is 14.4. The maximum atomic E-state index is 5.65. The van der Waals surface area contributed by atoms with Crippen molar-refractivity contribution in [3.05, 3.63) is 0 Å². The van der Waals surface area contributed by atoms with E-state index in [1.54, 1.807) is 7.11 Å². The highest BCUT2D eigenvalue weighted by Crippen LogP contribution is 2.12. The van der Waals surface area contributed by atoms with E-state index in [1.165, 1.54) is 77.0 Å². The quantitative estimate of drug-likeness (QED) is 0.106. The van der Waals surface area contributed by atoms with Crippen LogP contribution in [-0.4, -0.2) is 93.0 Å². The number of hydrogen-bond donors (Lipinski definition) is 0. The first-order valence-corrected chi connectivity index (χ1v) is 14.4. The van der Waals surface area contributed by atoms with E-state index < -0.39 is 0 Å². The zero-order chi connectivity index (χ0) is 25.3. The molecule has 0 unspecified atom stereocenters. The number of rotatable bonds is 32. The second kappa shape index (κ2) is 33.7. The van der Waals surface area contributed by atoms with Crippen LogP contribution in [0.2, 0.25) is 0 Å². The van der Waals surface area contributed by atoms with Crippen molar-refractivity contribution >= 4 is 0 Å². The molecule has 0 spiro atoms. The molecular formula is C28H58O7. The minimum absolute atomic E-state index is 0.564. The fourth-order valence-corrected chi connectivity index (χ4v) is 3.57. The Morgan fingerprint density at radius 1 is 0.286 bits per heavy atom. The Balaban J connectivity index is 3.00. The van der Waals surface area contributed by atoms with Crippen molar-refractivity contribution in [1.82, 2.24) is 0 Å². The Hall–Kier alpha value is -0.280. The summed E-state index contributed by atoms with van der Waals surface area (Å²) in [6.07, 6.45) is 17.9. The molecule has 0 rings (SSSR count). The number of methoxy groups -OCH3 is 1. The lowest BCUT2D eigenvalue weighted by molar-refractivity contribution is -0.0191. The molecule has 0 aromatic carbocycles. The van der Waals surface area contributed by atoms with Crippen LogP contribution in [0.15, 0.2) is 0 Å². The van der Waals surface area contributed by atoms with E-state index in [9.17, 15) is 0 Å². The summed E-state index contributed by atoms with van der Waals surface area (Å²) in [6, 6.07) is 0. The molecule has 0 saturated heterocycles. The van der Waals surface area contributed by atoms with Gasteiger partial charge in [0, 0.05) is 13.7 Å². The van der Waals surface area contributed by atoms with Gasteiger partial charge in [0.15, 0.2) is 0 Å². The van der Waals surface area contributed by atoms with E-state index in [0.717, 1.165) is 13.0 Å². The molecule has 0 aliphatic rings. The molecule has 0 radical (unpaired) electrons. The third-order valence-corrected chi connectivity index (χ3v) is 5.68. The van der Waals surface area contributed by atoms with E-state index in [1.807, 2.05) is 0 Å². The predicted octanol–water partition coefficient (Wildman–Crippen LogP) is 5.82. The lowest BCUT2D eigenvalue weighted by Gasteiger charge is -2.08. The van der Waals surface area contributed by atoms with E-state index in [2.05, 4.69) is 6.92 Å². The Morgan fingerprint density at radius 2 is 0.543 bits per heavy atom. The summed E-state index contributed by atoms with van der Waals surface area (Å²) in [5.41, 5.74) is 0. The SMILES string of the molecule is CCCCCCCCCCCCCCCOCCOCCOCCOCCOCCOCCOC. The topological polar surface area (TPSA) is 64.6 Å². The Bertz CT molecular complexity index is 326. The summed E-state index contributed by atoms with van der Waals surface area (Å²) in [6.45, 7) is 10.2. The molecule has 0 atom stereocenters. The van der Waals surface area contributed by atoms with Crippen molar-refractivity contribution in [3.8, 4) is 0 Å². The predicted molar refractivity (Wildman–Crippen MR) is 142 cm³/mol. The van der Waals surface area contributed by atoms with Gasteiger partial charge in [-0.25, -0.2) is 0 Å². The lowest BCUT2D eigenvalue weighted by atomic mass is 10.0. The van der Waals surface area contributed by atoms with Gasteiger partial charge in [0.25, 0.3) is 0 Å². The normalized spacial score (nSPS) is 11.5. The molecule has 212 valence electrons. The molecule has 0 aliphatic heterocycles. The fraction of sp³-hybridized carbons (Fsp3) is 1.00. The molecule has 0 bridgehead atoms. The molecule has 0 aliphatic carbocycles. The highest BCUT2D eigenvalue weighted by molar-refractivity contribution is 4.49. The first kappa shape index (κ1) is 34.7. The second-order valence-electron chi connectivity index (χ2n) is 8.91. The fourth-order valence-electron chi connectivity index (χ4n) is 3.57. The monoisotopic (exact) mass is 506 g/mol. The van der Waals surface area contributed by atoms with Crippen LogP contribution in [0, 0.1) is 0 Å². The van der Waals surface area contributed by atoms with Crippen LogP contribution in [0.3, 0.4) is 0 Å². The van der Waals surface area contributed by atoms with Crippen LogP contribution in [0.25, 0.3) is 0 Å². The van der Waals surface area contributed by atoms with Crippen LogP contribution in [0.5, 0.6) is 0 Å². The molecule has 35 heavy (non-hydrogen) atoms. The number of hydrogen-bond acceptors (Lipinski definition) is 7. The smallest absolute Gasteiger partial charge is 0.0701 e. The van der Waals surface area contributed by atoms with Crippen molar-refractivity contribution in [2.75, 3.05) is 93.0 Å². The van der Waals surface area contributed by atoms with Gasteiger partial charge in [-0.05, 0) is 6.42 Å². The number of ether oxygens (including phenoxy) is 7. The third-order valence-electron chi connectivity index (χ3n) is 5.68. The highest BCUT2D eigenvalue weighted by Gasteiger charge is 1.96. The maximum Gasteiger partial charge on any atom is 0.0701 e. The van der Waals surface area contributed by atoms with Gasteiger partial charge < -0.3 is 33.2 Å². The zero-order valence-electron chi connectivity index (χ0n) is 23.2. The molecule has 7 heteroatoms. The van der Waals surface area contributed by atoms with Crippen molar-refractivity contribution in [3.63, 3.8) is 0 Å². The maximum absolute atomic E-state index is 5.65. The van der Waals surface area contributed by atoms with E-state index in [4.69, 9.17) is 33.2 Å². The molecule has 0 aromatic heterocycles. The van der Waals surface area contributed by atoms with Gasteiger partial charge in [-0.1, -0.05) is 84.0 Å². The van der Waals surface area contributed by atoms with Gasteiger partial charge in [0.1, 0.15) is 0 Å². The molecule has 7 nitrogen and oxygen atoms in total. The van der Waals surface area contributed by atoms with Gasteiger partial charge in [0.2, 0.25) is 0 Å². The average Bonchev–Trinajstić information content (AvgIpc) is 2.87. The molecular weight excluding hydrogens is 448 g/mol. The Labute approximate surface area is 216 Å². The van der Waals surface area contributed by atoms with Gasteiger partial charge in [-0.3, -0.25) is 0 Å². The second-order valence-corrected chi connectivity index (χ2v) is 8.91. The van der Waals surface area contributed by atoms with Gasteiger partial charge in [-0.2, -0.15) is 0 Å². The van der Waals surface area contributed by atoms with Crippen molar-refractivity contribution in [2.24, 2.45) is 0 Å².